The first-order valence-electron chi connectivity index (χ1n) is 12.7. The van der Waals surface area contributed by atoms with E-state index in [4.69, 9.17) is 10.7 Å². The van der Waals surface area contributed by atoms with Gasteiger partial charge in [0, 0.05) is 48.5 Å². The standard InChI is InChI=1S/C28H30FN7O/c1-16-3-9-20(15-32-16)33-28(37)19-6-4-18(5-7-19)27-34-23(25-26(30)31-12-14-36(25)27)21-10-8-17-11-13-35(2)24(17)22(21)29/h3,8-15,17-19,24H,4-7H2,1-2H3,(H2,30,31)(H,33,37)/t17?,18-,19-,24?. The number of aryl methyl sites for hydroxylation is 1. The molecule has 3 aliphatic rings. The predicted molar refractivity (Wildman–Crippen MR) is 141 cm³/mol. The second-order valence-corrected chi connectivity index (χ2v) is 10.2. The largest absolute Gasteiger partial charge is 0.382 e. The Bertz CT molecular complexity index is 1450. The average Bonchev–Trinajstić information content (AvgIpc) is 3.48. The second kappa shape index (κ2) is 9.14. The molecule has 37 heavy (non-hydrogen) atoms. The minimum Gasteiger partial charge on any atom is -0.382 e. The Morgan fingerprint density at radius 1 is 1.16 bits per heavy atom. The summed E-state index contributed by atoms with van der Waals surface area (Å²) in [7, 11) is 1.88. The van der Waals surface area contributed by atoms with Crippen molar-refractivity contribution in [1.29, 1.82) is 0 Å². The lowest BCUT2D eigenvalue weighted by Gasteiger charge is -2.27. The van der Waals surface area contributed by atoms with E-state index in [9.17, 15) is 4.79 Å². The van der Waals surface area contributed by atoms with Gasteiger partial charge in [0.25, 0.3) is 0 Å². The van der Waals surface area contributed by atoms with Crippen LogP contribution in [-0.2, 0) is 4.79 Å². The molecule has 3 aromatic rings. The molecule has 1 fully saturated rings. The molecule has 1 aliphatic heterocycles. The van der Waals surface area contributed by atoms with E-state index >= 15 is 4.39 Å². The Morgan fingerprint density at radius 3 is 2.73 bits per heavy atom. The van der Waals surface area contributed by atoms with E-state index in [1.165, 1.54) is 0 Å². The number of hydrogen-bond donors (Lipinski definition) is 2. The number of carbonyl (C=O) groups is 1. The van der Waals surface area contributed by atoms with E-state index in [0.717, 1.165) is 37.2 Å². The summed E-state index contributed by atoms with van der Waals surface area (Å²) in [4.78, 5) is 28.3. The monoisotopic (exact) mass is 499 g/mol. The van der Waals surface area contributed by atoms with Crippen LogP contribution in [0.2, 0.25) is 0 Å². The number of anilines is 2. The highest BCUT2D eigenvalue weighted by Gasteiger charge is 2.36. The van der Waals surface area contributed by atoms with Crippen LogP contribution in [0.3, 0.4) is 0 Å². The van der Waals surface area contributed by atoms with E-state index in [-0.39, 0.29) is 35.5 Å². The third kappa shape index (κ3) is 4.08. The summed E-state index contributed by atoms with van der Waals surface area (Å²) >= 11 is 0. The highest BCUT2D eigenvalue weighted by Crippen LogP contribution is 2.42. The van der Waals surface area contributed by atoms with Crippen molar-refractivity contribution >= 4 is 28.5 Å². The number of hydrogen-bond acceptors (Lipinski definition) is 6. The van der Waals surface area contributed by atoms with Crippen LogP contribution >= 0.6 is 0 Å². The Hall–Kier alpha value is -4.01. The van der Waals surface area contributed by atoms with Crippen molar-refractivity contribution in [2.24, 2.45) is 11.8 Å². The summed E-state index contributed by atoms with van der Waals surface area (Å²) in [6.07, 6.45) is 16.1. The number of fused-ring (bicyclic) bond motifs is 2. The van der Waals surface area contributed by atoms with Gasteiger partial charge in [0.2, 0.25) is 5.91 Å². The van der Waals surface area contributed by atoms with Gasteiger partial charge in [0.1, 0.15) is 28.7 Å². The van der Waals surface area contributed by atoms with Gasteiger partial charge in [-0.25, -0.2) is 14.4 Å². The molecule has 2 atom stereocenters. The third-order valence-electron chi connectivity index (χ3n) is 7.86. The number of rotatable bonds is 4. The van der Waals surface area contributed by atoms with Crippen LogP contribution in [-0.4, -0.2) is 43.2 Å². The summed E-state index contributed by atoms with van der Waals surface area (Å²) in [6, 6.07) is 3.39. The van der Waals surface area contributed by atoms with Gasteiger partial charge in [0.05, 0.1) is 17.9 Å². The van der Waals surface area contributed by atoms with Gasteiger partial charge in [0.15, 0.2) is 0 Å². The zero-order chi connectivity index (χ0) is 25.7. The highest BCUT2D eigenvalue weighted by molar-refractivity contribution is 5.92. The highest BCUT2D eigenvalue weighted by atomic mass is 19.1. The van der Waals surface area contributed by atoms with E-state index in [1.54, 1.807) is 12.4 Å². The molecule has 4 heterocycles. The summed E-state index contributed by atoms with van der Waals surface area (Å²) in [5, 5.41) is 2.99. The fraction of sp³-hybridized carbons (Fsp3) is 0.357. The number of allylic oxidation sites excluding steroid dienone is 2. The first kappa shape index (κ1) is 23.4. The van der Waals surface area contributed by atoms with Crippen LogP contribution in [0.25, 0.3) is 11.1 Å². The van der Waals surface area contributed by atoms with Gasteiger partial charge in [-0.05, 0) is 50.9 Å². The van der Waals surface area contributed by atoms with Crippen molar-refractivity contribution in [3.05, 3.63) is 78.2 Å². The lowest BCUT2D eigenvalue weighted by Crippen LogP contribution is -2.30. The number of likely N-dealkylation sites (N-methyl/N-ethyl adjacent to an activating group) is 1. The van der Waals surface area contributed by atoms with E-state index < -0.39 is 0 Å². The molecule has 0 bridgehead atoms. The van der Waals surface area contributed by atoms with Gasteiger partial charge in [-0.1, -0.05) is 18.2 Å². The van der Waals surface area contributed by atoms with Crippen molar-refractivity contribution in [1.82, 2.24) is 24.3 Å². The Morgan fingerprint density at radius 2 is 1.97 bits per heavy atom. The molecule has 8 nitrogen and oxygen atoms in total. The van der Waals surface area contributed by atoms with Crippen molar-refractivity contribution in [2.75, 3.05) is 18.1 Å². The SMILES string of the molecule is Cc1ccc(NC(=O)[C@H]2CC[C@H](c3nc(C4=C(F)C5C(C=C4)C=CN5C)c4c(N)nccn43)CC2)cn1. The molecule has 3 aromatic heterocycles. The molecule has 6 rings (SSSR count). The van der Waals surface area contributed by atoms with Crippen molar-refractivity contribution in [2.45, 2.75) is 44.6 Å². The Kier molecular flexibility index (Phi) is 5.78. The molecule has 1 amide bonds. The topological polar surface area (TPSA) is 101 Å². The van der Waals surface area contributed by atoms with Gasteiger partial charge in [-0.15, -0.1) is 0 Å². The molecule has 2 unspecified atom stereocenters. The fourth-order valence-corrected chi connectivity index (χ4v) is 5.82. The quantitative estimate of drug-likeness (QED) is 0.543. The van der Waals surface area contributed by atoms with Gasteiger partial charge in [-0.3, -0.25) is 14.2 Å². The van der Waals surface area contributed by atoms with Crippen LogP contribution in [0.1, 0.15) is 48.8 Å². The van der Waals surface area contributed by atoms with Crippen molar-refractivity contribution < 1.29 is 9.18 Å². The number of aromatic nitrogens is 4. The predicted octanol–water partition coefficient (Wildman–Crippen LogP) is 4.62. The Labute approximate surface area is 214 Å². The zero-order valence-corrected chi connectivity index (χ0v) is 20.9. The van der Waals surface area contributed by atoms with Crippen LogP contribution in [0.5, 0.6) is 0 Å². The van der Waals surface area contributed by atoms with Crippen LogP contribution in [0.15, 0.2) is 61.0 Å². The summed E-state index contributed by atoms with van der Waals surface area (Å²) in [5.41, 5.74) is 9.55. The number of nitrogens with zero attached hydrogens (tertiary/aromatic N) is 5. The number of pyridine rings is 1. The van der Waals surface area contributed by atoms with Gasteiger partial charge >= 0.3 is 0 Å². The number of halogens is 1. The maximum atomic E-state index is 15.8. The lowest BCUT2D eigenvalue weighted by molar-refractivity contribution is -0.120. The maximum absolute atomic E-state index is 15.8. The average molecular weight is 500 g/mol. The minimum atomic E-state index is -0.365. The molecular weight excluding hydrogens is 469 g/mol. The zero-order valence-electron chi connectivity index (χ0n) is 20.9. The maximum Gasteiger partial charge on any atom is 0.227 e. The van der Waals surface area contributed by atoms with Crippen molar-refractivity contribution in [3.63, 3.8) is 0 Å². The number of nitrogen functional groups attached to an aromatic ring is 1. The van der Waals surface area contributed by atoms with Crippen LogP contribution < -0.4 is 11.1 Å². The molecule has 0 radical (unpaired) electrons. The van der Waals surface area contributed by atoms with Crippen LogP contribution in [0.4, 0.5) is 15.9 Å². The number of nitrogens with two attached hydrogens (primary N) is 1. The number of amides is 1. The van der Waals surface area contributed by atoms with E-state index in [1.807, 2.05) is 66.0 Å². The normalized spacial score (nSPS) is 25.1. The van der Waals surface area contributed by atoms with Crippen molar-refractivity contribution in [3.8, 4) is 0 Å². The third-order valence-corrected chi connectivity index (χ3v) is 7.86. The molecule has 3 N–H and O–H groups in total. The summed E-state index contributed by atoms with van der Waals surface area (Å²) in [6.45, 7) is 1.91. The van der Waals surface area contributed by atoms with Gasteiger partial charge < -0.3 is 16.0 Å². The number of imidazole rings is 1. The second-order valence-electron chi connectivity index (χ2n) is 10.2. The first-order chi connectivity index (χ1) is 17.9. The minimum absolute atomic E-state index is 0.00897. The molecule has 0 saturated heterocycles. The molecular formula is C28H30FN7O. The first-order valence-corrected chi connectivity index (χ1v) is 12.7. The molecule has 1 saturated carbocycles. The van der Waals surface area contributed by atoms with Gasteiger partial charge in [-0.2, -0.15) is 0 Å². The molecule has 0 spiro atoms. The molecule has 2 aliphatic carbocycles. The molecule has 190 valence electrons. The van der Waals surface area contributed by atoms with E-state index in [0.29, 0.717) is 28.3 Å². The fourth-order valence-electron chi connectivity index (χ4n) is 5.82. The van der Waals surface area contributed by atoms with Crippen LogP contribution in [0, 0.1) is 18.8 Å². The lowest BCUT2D eigenvalue weighted by atomic mass is 9.81. The summed E-state index contributed by atoms with van der Waals surface area (Å²) < 4.78 is 17.7. The Balaban J connectivity index is 1.26. The summed E-state index contributed by atoms with van der Waals surface area (Å²) in [5.74, 6) is 1.05. The van der Waals surface area contributed by atoms with E-state index in [2.05, 4.69) is 15.3 Å². The molecule has 9 heteroatoms. The smallest absolute Gasteiger partial charge is 0.227 e. The molecule has 0 aromatic carbocycles. The number of carbonyl (C=O) groups excluding carboxylic acids is 1. The number of nitrogens with one attached hydrogen (secondary N) is 1.